The summed E-state index contributed by atoms with van der Waals surface area (Å²) >= 11 is 0. The SMILES string of the molecule is CCCCCCCCCOC(=O)CCCCCCCN(CCO)CCCCCCC(C)(C)C(=O)OC(CCCCCC)CCCCCC. The van der Waals surface area contributed by atoms with Gasteiger partial charge < -0.3 is 19.5 Å². The zero-order chi connectivity index (χ0) is 35.6. The number of aliphatic hydroxyl groups is 1. The molecule has 0 saturated carbocycles. The molecule has 0 spiro atoms. The summed E-state index contributed by atoms with van der Waals surface area (Å²) in [6.07, 6.45) is 31.9. The lowest BCUT2D eigenvalue weighted by molar-refractivity contribution is -0.161. The molecule has 6 nitrogen and oxygen atoms in total. The lowest BCUT2D eigenvalue weighted by atomic mass is 9.86. The molecule has 0 fully saturated rings. The molecule has 0 atom stereocenters. The third-order valence-corrected chi connectivity index (χ3v) is 9.89. The molecule has 6 heteroatoms. The van der Waals surface area contributed by atoms with Gasteiger partial charge in [0.2, 0.25) is 0 Å². The summed E-state index contributed by atoms with van der Waals surface area (Å²) in [5.74, 6) is -0.0417. The van der Waals surface area contributed by atoms with E-state index in [1.165, 1.54) is 83.5 Å². The Labute approximate surface area is 299 Å². The number of ether oxygens (including phenoxy) is 2. The maximum absolute atomic E-state index is 13.2. The number of nitrogens with zero attached hydrogens (tertiary/aromatic N) is 1. The van der Waals surface area contributed by atoms with E-state index >= 15 is 0 Å². The summed E-state index contributed by atoms with van der Waals surface area (Å²) in [7, 11) is 0. The predicted molar refractivity (Wildman–Crippen MR) is 204 cm³/mol. The average molecular weight is 682 g/mol. The third kappa shape index (κ3) is 29.7. The third-order valence-electron chi connectivity index (χ3n) is 9.89. The largest absolute Gasteiger partial charge is 0.466 e. The lowest BCUT2D eigenvalue weighted by Gasteiger charge is -2.27. The molecule has 0 rings (SSSR count). The van der Waals surface area contributed by atoms with Crippen molar-refractivity contribution in [3.63, 3.8) is 0 Å². The van der Waals surface area contributed by atoms with Gasteiger partial charge in [-0.2, -0.15) is 0 Å². The summed E-state index contributed by atoms with van der Waals surface area (Å²) in [5.41, 5.74) is -0.429. The molecule has 48 heavy (non-hydrogen) atoms. The number of esters is 2. The quantitative estimate of drug-likeness (QED) is 0.0519. The van der Waals surface area contributed by atoms with Crippen LogP contribution in [0.3, 0.4) is 0 Å². The minimum atomic E-state index is -0.429. The number of unbranched alkanes of at least 4 members (excludes halogenated alkanes) is 19. The summed E-state index contributed by atoms with van der Waals surface area (Å²) in [6, 6.07) is 0. The van der Waals surface area contributed by atoms with Crippen molar-refractivity contribution >= 4 is 11.9 Å². The molecule has 0 bridgehead atoms. The number of hydrogen-bond acceptors (Lipinski definition) is 6. The van der Waals surface area contributed by atoms with Gasteiger partial charge in [0.05, 0.1) is 18.6 Å². The molecule has 0 saturated heterocycles. The molecule has 0 amide bonds. The summed E-state index contributed by atoms with van der Waals surface area (Å²) in [4.78, 5) is 27.5. The topological polar surface area (TPSA) is 76.1 Å². The first-order valence-corrected chi connectivity index (χ1v) is 21.0. The smallest absolute Gasteiger partial charge is 0.311 e. The van der Waals surface area contributed by atoms with Gasteiger partial charge in [-0.25, -0.2) is 0 Å². The Morgan fingerprint density at radius 2 is 1.04 bits per heavy atom. The van der Waals surface area contributed by atoms with Gasteiger partial charge in [0.15, 0.2) is 0 Å². The van der Waals surface area contributed by atoms with E-state index in [-0.39, 0.29) is 24.6 Å². The van der Waals surface area contributed by atoms with E-state index in [2.05, 4.69) is 39.5 Å². The van der Waals surface area contributed by atoms with Gasteiger partial charge in [0.1, 0.15) is 6.10 Å². The molecule has 0 heterocycles. The molecule has 1 N–H and O–H groups in total. The van der Waals surface area contributed by atoms with E-state index in [0.717, 1.165) is 110 Å². The van der Waals surface area contributed by atoms with Crippen LogP contribution in [0.4, 0.5) is 0 Å². The fourth-order valence-corrected chi connectivity index (χ4v) is 6.46. The molecule has 286 valence electrons. The molecule has 0 aromatic carbocycles. The second-order valence-corrected chi connectivity index (χ2v) is 15.2. The Kier molecular flexibility index (Phi) is 33.5. The van der Waals surface area contributed by atoms with Crippen LogP contribution < -0.4 is 0 Å². The van der Waals surface area contributed by atoms with Crippen molar-refractivity contribution in [1.29, 1.82) is 0 Å². The normalized spacial score (nSPS) is 11.9. The van der Waals surface area contributed by atoms with Crippen LogP contribution in [0.5, 0.6) is 0 Å². The maximum atomic E-state index is 13.2. The van der Waals surface area contributed by atoms with Crippen LogP contribution in [-0.4, -0.2) is 60.9 Å². The molecule has 0 aliphatic heterocycles. The highest BCUT2D eigenvalue weighted by atomic mass is 16.5. The molecule has 0 aromatic heterocycles. The van der Waals surface area contributed by atoms with Crippen molar-refractivity contribution in [1.82, 2.24) is 4.90 Å². The predicted octanol–water partition coefficient (Wildman–Crippen LogP) is 11.7. The van der Waals surface area contributed by atoms with Crippen LogP contribution in [0.2, 0.25) is 0 Å². The summed E-state index contributed by atoms with van der Waals surface area (Å²) in [6.45, 7) is 14.4. The summed E-state index contributed by atoms with van der Waals surface area (Å²) < 4.78 is 11.5. The molecule has 0 radical (unpaired) electrons. The fourth-order valence-electron chi connectivity index (χ4n) is 6.46. The highest BCUT2D eigenvalue weighted by Crippen LogP contribution is 2.28. The first-order valence-electron chi connectivity index (χ1n) is 21.0. The number of carbonyl (C=O) groups is 2. The van der Waals surface area contributed by atoms with Crippen molar-refractivity contribution in [3.8, 4) is 0 Å². The van der Waals surface area contributed by atoms with Gasteiger partial charge >= 0.3 is 11.9 Å². The molecular formula is C42H83NO5. The number of carbonyl (C=O) groups excluding carboxylic acids is 2. The van der Waals surface area contributed by atoms with Crippen molar-refractivity contribution in [3.05, 3.63) is 0 Å². The number of hydrogen-bond donors (Lipinski definition) is 1. The van der Waals surface area contributed by atoms with Crippen molar-refractivity contribution in [2.24, 2.45) is 5.41 Å². The van der Waals surface area contributed by atoms with Gasteiger partial charge in [-0.05, 0) is 84.7 Å². The van der Waals surface area contributed by atoms with E-state index in [1.807, 2.05) is 0 Å². The highest BCUT2D eigenvalue weighted by molar-refractivity contribution is 5.76. The van der Waals surface area contributed by atoms with Crippen LogP contribution in [0, 0.1) is 5.41 Å². The Morgan fingerprint density at radius 1 is 0.583 bits per heavy atom. The second kappa shape index (κ2) is 34.3. The van der Waals surface area contributed by atoms with E-state index in [9.17, 15) is 14.7 Å². The van der Waals surface area contributed by atoms with E-state index in [4.69, 9.17) is 9.47 Å². The zero-order valence-corrected chi connectivity index (χ0v) is 32.9. The molecule has 0 aliphatic carbocycles. The van der Waals surface area contributed by atoms with E-state index in [0.29, 0.717) is 13.0 Å². The second-order valence-electron chi connectivity index (χ2n) is 15.2. The Morgan fingerprint density at radius 3 is 1.58 bits per heavy atom. The van der Waals surface area contributed by atoms with Gasteiger partial charge in [-0.1, -0.05) is 136 Å². The van der Waals surface area contributed by atoms with Gasteiger partial charge in [-0.15, -0.1) is 0 Å². The molecule has 0 unspecified atom stereocenters. The average Bonchev–Trinajstić information content (AvgIpc) is 3.06. The number of aliphatic hydroxyl groups excluding tert-OH is 1. The monoisotopic (exact) mass is 682 g/mol. The summed E-state index contributed by atoms with van der Waals surface area (Å²) in [5, 5.41) is 9.56. The molecular weight excluding hydrogens is 598 g/mol. The highest BCUT2D eigenvalue weighted by Gasteiger charge is 2.30. The fraction of sp³-hybridized carbons (Fsp3) is 0.952. The number of rotatable bonds is 37. The van der Waals surface area contributed by atoms with Crippen LogP contribution in [0.15, 0.2) is 0 Å². The van der Waals surface area contributed by atoms with Crippen molar-refractivity contribution in [2.45, 2.75) is 221 Å². The van der Waals surface area contributed by atoms with Crippen LogP contribution >= 0.6 is 0 Å². The Balaban J connectivity index is 4.06. The standard InChI is InChI=1S/C42H83NO5/c1-6-9-12-15-16-22-29-38-47-40(45)32-25-18-17-20-27-34-43(36-37-44)35-28-21-19-26-33-42(4,5)41(46)48-39(30-23-13-10-7-2)31-24-14-11-8-3/h39,44H,6-38H2,1-5H3. The van der Waals surface area contributed by atoms with Crippen LogP contribution in [0.25, 0.3) is 0 Å². The van der Waals surface area contributed by atoms with Crippen LogP contribution in [-0.2, 0) is 19.1 Å². The van der Waals surface area contributed by atoms with Crippen molar-refractivity contribution in [2.75, 3.05) is 32.8 Å². The lowest BCUT2D eigenvalue weighted by Crippen LogP contribution is -2.31. The van der Waals surface area contributed by atoms with Crippen molar-refractivity contribution < 1.29 is 24.2 Å². The molecule has 0 aliphatic rings. The van der Waals surface area contributed by atoms with Crippen LogP contribution in [0.1, 0.15) is 214 Å². The van der Waals surface area contributed by atoms with E-state index in [1.54, 1.807) is 0 Å². The minimum Gasteiger partial charge on any atom is -0.466 e. The first kappa shape index (κ1) is 46.9. The Bertz CT molecular complexity index is 700. The molecule has 0 aromatic rings. The first-order chi connectivity index (χ1) is 23.3. The Hall–Kier alpha value is -1.14. The van der Waals surface area contributed by atoms with E-state index < -0.39 is 5.41 Å². The zero-order valence-electron chi connectivity index (χ0n) is 32.9. The van der Waals surface area contributed by atoms with Gasteiger partial charge in [0, 0.05) is 13.0 Å². The minimum absolute atomic E-state index is 0.00802. The van der Waals surface area contributed by atoms with Gasteiger partial charge in [0.25, 0.3) is 0 Å². The maximum Gasteiger partial charge on any atom is 0.311 e. The van der Waals surface area contributed by atoms with Gasteiger partial charge in [-0.3, -0.25) is 9.59 Å².